The van der Waals surface area contributed by atoms with E-state index in [9.17, 15) is 73.8 Å². The van der Waals surface area contributed by atoms with Crippen molar-refractivity contribution in [2.24, 2.45) is 43.6 Å². The largest absolute Gasteiger partial charge is 0.508 e. The molecule has 4 aromatic rings. The summed E-state index contributed by atoms with van der Waals surface area (Å²) in [6.07, 6.45) is 18.4. The lowest BCUT2D eigenvalue weighted by molar-refractivity contribution is -0.139. The maximum atomic E-state index is 15.5. The van der Waals surface area contributed by atoms with Crippen molar-refractivity contribution in [1.29, 1.82) is 0 Å². The summed E-state index contributed by atoms with van der Waals surface area (Å²) >= 11 is 0. The molecule has 8 amide bonds. The summed E-state index contributed by atoms with van der Waals surface area (Å²) < 4.78 is 10.6. The molecule has 5 atom stereocenters. The summed E-state index contributed by atoms with van der Waals surface area (Å²) in [7, 11) is 0. The zero-order valence-corrected chi connectivity index (χ0v) is 60.4. The molecule has 30 nitrogen and oxygen atoms in total. The number of nitrogens with one attached hydrogen (secondary N) is 3. The SMILES string of the molecule is CC(=O)O.CC(=O)O.CCOC(=O)C1=CC(O)=C2CC(=NC(=O)c3cccc(NC(=O)Nc4cccc(C(=O)N=C5C=CC6C(=C(O)C=C(C(=O)OCC)C6N(C(=O)Nc6cccc(C(=O)N=C7C=CC8CC(C(=O)O)=CC(O)=C8C7)c6)c6cccc(C(=O)N=C7C=CC8CC(C(=O)O)=CC(O)=C8C7)c6)C5)c4)c3)C=CC2C1. The molecule has 0 aliphatic heterocycles. The fourth-order valence-electron chi connectivity index (χ4n) is 13.3. The van der Waals surface area contributed by atoms with E-state index in [1.165, 1.54) is 114 Å². The van der Waals surface area contributed by atoms with Crippen molar-refractivity contribution in [2.75, 3.05) is 34.1 Å². The van der Waals surface area contributed by atoms with E-state index >= 15 is 4.79 Å². The van der Waals surface area contributed by atoms with Crippen molar-refractivity contribution in [3.63, 3.8) is 0 Å². The van der Waals surface area contributed by atoms with Crippen molar-refractivity contribution in [3.8, 4) is 0 Å². The number of aliphatic carboxylic acids is 4. The van der Waals surface area contributed by atoms with E-state index in [4.69, 9.17) is 29.3 Å². The number of allylic oxidation sites excluding steroid dienone is 14. The molecule has 574 valence electrons. The molecule has 0 bridgehead atoms. The van der Waals surface area contributed by atoms with E-state index in [1.54, 1.807) is 68.5 Å². The lowest BCUT2D eigenvalue weighted by atomic mass is 9.75. The van der Waals surface area contributed by atoms with E-state index in [0.717, 1.165) is 19.9 Å². The van der Waals surface area contributed by atoms with Crippen LogP contribution in [0.5, 0.6) is 0 Å². The number of aliphatic imine (C=N–C) groups is 4. The molecule has 0 saturated heterocycles. The summed E-state index contributed by atoms with van der Waals surface area (Å²) in [5.74, 6) is -11.6. The second-order valence-corrected chi connectivity index (χ2v) is 26.2. The summed E-state index contributed by atoms with van der Waals surface area (Å²) in [4.78, 5) is 171. The Labute approximate surface area is 638 Å². The Hall–Kier alpha value is -14.3. The quantitative estimate of drug-likeness (QED) is 0.0492. The van der Waals surface area contributed by atoms with Gasteiger partial charge in [-0.2, -0.15) is 0 Å². The first-order valence-electron chi connectivity index (χ1n) is 34.9. The second kappa shape index (κ2) is 35.6. The van der Waals surface area contributed by atoms with Crippen LogP contribution in [0.1, 0.15) is 114 Å². The zero-order valence-electron chi connectivity index (χ0n) is 60.4. The smallest absolute Gasteiger partial charge is 0.336 e. The van der Waals surface area contributed by atoms with Crippen molar-refractivity contribution >= 4 is 117 Å². The lowest BCUT2D eigenvalue weighted by Crippen LogP contribution is -2.51. The third-order valence-corrected chi connectivity index (χ3v) is 18.4. The number of amides is 8. The monoisotopic (exact) mass is 1520 g/mol. The number of carbonyl (C=O) groups excluding carboxylic acids is 8. The Bertz CT molecular complexity index is 5200. The number of rotatable bonds is 15. The molecule has 0 heterocycles. The van der Waals surface area contributed by atoms with Gasteiger partial charge in [0.2, 0.25) is 0 Å². The van der Waals surface area contributed by atoms with Gasteiger partial charge in [0, 0.05) is 148 Å². The van der Waals surface area contributed by atoms with Gasteiger partial charge in [0.15, 0.2) is 0 Å². The van der Waals surface area contributed by atoms with Gasteiger partial charge in [-0.1, -0.05) is 48.6 Å². The van der Waals surface area contributed by atoms with Crippen LogP contribution < -0.4 is 20.9 Å². The molecule has 8 aliphatic rings. The molecular weight excluding hydrogens is 1450 g/mol. The average Bonchev–Trinajstić information content (AvgIpc) is 0.778. The van der Waals surface area contributed by atoms with E-state index < -0.39 is 101 Å². The van der Waals surface area contributed by atoms with Gasteiger partial charge in [-0.05, 0) is 177 Å². The van der Waals surface area contributed by atoms with Crippen LogP contribution in [-0.4, -0.2) is 154 Å². The molecule has 4 aromatic carbocycles. The van der Waals surface area contributed by atoms with Crippen LogP contribution in [0.2, 0.25) is 0 Å². The molecule has 0 spiro atoms. The van der Waals surface area contributed by atoms with Gasteiger partial charge in [0.1, 0.15) is 23.0 Å². The van der Waals surface area contributed by atoms with E-state index in [0.29, 0.717) is 34.4 Å². The topological polar surface area (TPSA) is 474 Å². The Morgan fingerprint density at radius 2 is 0.768 bits per heavy atom. The van der Waals surface area contributed by atoms with Gasteiger partial charge in [-0.15, -0.1) is 0 Å². The summed E-state index contributed by atoms with van der Waals surface area (Å²) in [6.45, 7) is 5.47. The summed E-state index contributed by atoms with van der Waals surface area (Å²) in [6, 6.07) is 20.4. The van der Waals surface area contributed by atoms with Crippen LogP contribution in [0.4, 0.5) is 32.3 Å². The van der Waals surface area contributed by atoms with Crippen LogP contribution in [0.3, 0.4) is 0 Å². The summed E-state index contributed by atoms with van der Waals surface area (Å²) in [5.41, 5.74) is 3.58. The number of aliphatic hydroxyl groups is 4. The van der Waals surface area contributed by atoms with Crippen molar-refractivity contribution in [1.82, 2.24) is 0 Å². The Balaban J connectivity index is 0.00000159. The average molecular weight is 1520 g/mol. The predicted molar refractivity (Wildman–Crippen MR) is 410 cm³/mol. The van der Waals surface area contributed by atoms with Crippen molar-refractivity contribution in [3.05, 3.63) is 260 Å². The molecule has 0 radical (unpaired) electrons. The minimum atomic E-state index is -1.41. The second-order valence-electron chi connectivity index (χ2n) is 26.2. The van der Waals surface area contributed by atoms with Crippen molar-refractivity contribution in [2.45, 2.75) is 78.7 Å². The number of ether oxygens (including phenoxy) is 2. The predicted octanol–water partition coefficient (Wildman–Crippen LogP) is 12.7. The van der Waals surface area contributed by atoms with Crippen LogP contribution in [0.25, 0.3) is 0 Å². The minimum Gasteiger partial charge on any atom is -0.508 e. The van der Waals surface area contributed by atoms with Crippen LogP contribution in [0.15, 0.2) is 258 Å². The summed E-state index contributed by atoms with van der Waals surface area (Å²) in [5, 5.41) is 86.5. The molecule has 0 aromatic heterocycles. The highest BCUT2D eigenvalue weighted by Crippen LogP contribution is 2.43. The lowest BCUT2D eigenvalue weighted by Gasteiger charge is -2.41. The molecule has 8 aliphatic carbocycles. The first-order chi connectivity index (χ1) is 53.4. The number of carboxylic acids is 4. The maximum Gasteiger partial charge on any atom is 0.336 e. The van der Waals surface area contributed by atoms with Crippen LogP contribution in [-0.2, 0) is 38.2 Å². The maximum absolute atomic E-state index is 15.5. The van der Waals surface area contributed by atoms with E-state index in [-0.39, 0.29) is 159 Å². The Kier molecular flexibility index (Phi) is 25.5. The molecule has 30 heteroatoms. The molecule has 0 saturated carbocycles. The number of aliphatic hydroxyl groups excluding tert-OH is 4. The van der Waals surface area contributed by atoms with Gasteiger partial charge >= 0.3 is 35.9 Å². The van der Waals surface area contributed by atoms with Crippen molar-refractivity contribution < 1.29 is 108 Å². The normalized spacial score (nSPS) is 20.6. The van der Waals surface area contributed by atoms with Crippen LogP contribution >= 0.6 is 0 Å². The number of carbonyl (C=O) groups is 12. The Morgan fingerprint density at radius 1 is 0.429 bits per heavy atom. The molecule has 5 unspecified atom stereocenters. The highest BCUT2D eigenvalue weighted by molar-refractivity contribution is 6.15. The number of nitrogens with zero attached hydrogens (tertiary/aromatic N) is 5. The molecular formula is C82H74N8O22. The number of esters is 2. The van der Waals surface area contributed by atoms with Gasteiger partial charge < -0.3 is 66.3 Å². The van der Waals surface area contributed by atoms with Gasteiger partial charge in [-0.25, -0.2) is 48.7 Å². The standard InChI is InChI=1S/C78H66N8O18.2C2H4O2/c1-3-103-75(99)49-27-42-19-22-54(37-61(42)66(89)34-49)79-69(91)43-9-5-13-50(28-43)83-77(101)84-51-14-6-10-44(29-51)70(92)82-56-23-24-58-62(38-56)67(90)39-63(76(100)104-4-2)68(58)86(57-16-8-12-46(31-57)72(94)81-55-21-18-41-26-48(74(97)98)33-65(88)60(41)36-55)78(102)85-52-15-7-11-45(30-52)71(93)80-53-20-17-40-25-47(73(95)96)32-64(87)59(40)35-53;2*1-2(3)4/h5-24,28-34,39-42,58,68,87-90H,3-4,25-27,35-38H2,1-2H3,(H,85,102)(H,95,96)(H,97,98)(H2,83,84,101);2*1H3,(H,3,4). The molecule has 112 heavy (non-hydrogen) atoms. The van der Waals surface area contributed by atoms with E-state index in [2.05, 4.69) is 35.9 Å². The van der Waals surface area contributed by atoms with Gasteiger partial charge in [0.05, 0.1) is 24.8 Å². The number of fused-ring (bicyclic) bond motifs is 4. The van der Waals surface area contributed by atoms with E-state index in [1.807, 2.05) is 0 Å². The zero-order chi connectivity index (χ0) is 80.8. The number of hydrogen-bond donors (Lipinski definition) is 11. The minimum absolute atomic E-state index is 0.0108. The van der Waals surface area contributed by atoms with Crippen LogP contribution in [0, 0.1) is 23.7 Å². The molecule has 12 rings (SSSR count). The molecule has 11 N–H and O–H groups in total. The first kappa shape index (κ1) is 80.2. The third-order valence-electron chi connectivity index (χ3n) is 18.4. The fraction of sp³-hybridized carbons (Fsp3) is 0.220. The van der Waals surface area contributed by atoms with Gasteiger partial charge in [0.25, 0.3) is 35.6 Å². The highest BCUT2D eigenvalue weighted by atomic mass is 16.5. The van der Waals surface area contributed by atoms with Gasteiger partial charge in [-0.3, -0.25) is 33.7 Å². The number of hydrogen-bond acceptors (Lipinski definition) is 18. The number of urea groups is 2. The molecule has 0 fully saturated rings. The number of anilines is 4. The Morgan fingerprint density at radius 3 is 1.17 bits per heavy atom. The number of carboxylic acid groups (broad SMARTS) is 4. The highest BCUT2D eigenvalue weighted by Gasteiger charge is 2.44. The third kappa shape index (κ3) is 19.9. The number of benzene rings is 4. The fourth-order valence-corrected chi connectivity index (χ4v) is 13.3. The first-order valence-corrected chi connectivity index (χ1v) is 34.9.